The van der Waals surface area contributed by atoms with Gasteiger partial charge >= 0.3 is 5.97 Å². The second-order valence-electron chi connectivity index (χ2n) is 4.37. The Balaban J connectivity index is 2.45. The van der Waals surface area contributed by atoms with Gasteiger partial charge in [0.05, 0.1) is 6.42 Å². The number of nitrogens with one attached hydrogen (secondary N) is 1. The van der Waals surface area contributed by atoms with E-state index in [1.54, 1.807) is 6.07 Å². The molecule has 0 spiro atoms. The Labute approximate surface area is 116 Å². The van der Waals surface area contributed by atoms with Crippen LogP contribution in [0, 0.1) is 5.82 Å². The van der Waals surface area contributed by atoms with Gasteiger partial charge in [0, 0.05) is 6.04 Å². The van der Waals surface area contributed by atoms with Crippen molar-refractivity contribution in [3.63, 3.8) is 0 Å². The molecule has 0 aliphatic carbocycles. The van der Waals surface area contributed by atoms with Crippen LogP contribution in [0.5, 0.6) is 5.75 Å². The summed E-state index contributed by atoms with van der Waals surface area (Å²) in [6.45, 7) is 1.55. The van der Waals surface area contributed by atoms with E-state index in [0.717, 1.165) is 6.42 Å². The summed E-state index contributed by atoms with van der Waals surface area (Å²) in [7, 11) is 0. The number of halogens is 1. The predicted molar refractivity (Wildman–Crippen MR) is 71.0 cm³/mol. The molecule has 0 saturated carbocycles. The topological polar surface area (TPSA) is 75.6 Å². The van der Waals surface area contributed by atoms with Crippen molar-refractivity contribution in [2.24, 2.45) is 0 Å². The molecule has 2 N–H and O–H groups in total. The minimum Gasteiger partial charge on any atom is -0.481 e. The van der Waals surface area contributed by atoms with Gasteiger partial charge in [-0.2, -0.15) is 0 Å². The number of benzene rings is 1. The Morgan fingerprint density at radius 1 is 1.40 bits per heavy atom. The first-order chi connectivity index (χ1) is 9.52. The molecule has 0 saturated heterocycles. The number of rotatable bonds is 8. The van der Waals surface area contributed by atoms with E-state index < -0.39 is 23.7 Å². The molecule has 1 aromatic rings. The summed E-state index contributed by atoms with van der Waals surface area (Å²) < 4.78 is 18.3. The Bertz CT molecular complexity index is 464. The first kappa shape index (κ1) is 15.9. The second kappa shape index (κ2) is 8.14. The normalized spacial score (nSPS) is 11.7. The quantitative estimate of drug-likeness (QED) is 0.764. The number of carboxylic acid groups (broad SMARTS) is 1. The standard InChI is InChI=1S/C14H18FNO4/c1-2-5-10(8-14(18)19)16-13(17)9-20-12-7-4-3-6-11(12)15/h3-4,6-7,10H,2,5,8-9H2,1H3,(H,16,17)(H,18,19). The highest BCUT2D eigenvalue weighted by molar-refractivity contribution is 5.78. The predicted octanol–water partition coefficient (Wildman–Crippen LogP) is 1.96. The SMILES string of the molecule is CCCC(CC(=O)O)NC(=O)COc1ccccc1F. The molecule has 0 radical (unpaired) electrons. The molecule has 0 fully saturated rings. The van der Waals surface area contributed by atoms with Crippen LogP contribution in [0.3, 0.4) is 0 Å². The van der Waals surface area contributed by atoms with Crippen molar-refractivity contribution >= 4 is 11.9 Å². The van der Waals surface area contributed by atoms with Gasteiger partial charge in [0.25, 0.3) is 5.91 Å². The number of carboxylic acids is 1. The van der Waals surface area contributed by atoms with Crippen LogP contribution >= 0.6 is 0 Å². The van der Waals surface area contributed by atoms with Crippen LogP contribution in [0.2, 0.25) is 0 Å². The molecule has 0 aliphatic rings. The van der Waals surface area contributed by atoms with E-state index >= 15 is 0 Å². The van der Waals surface area contributed by atoms with Crippen molar-refractivity contribution in [1.82, 2.24) is 5.32 Å². The molecular weight excluding hydrogens is 265 g/mol. The van der Waals surface area contributed by atoms with Crippen molar-refractivity contribution in [3.8, 4) is 5.75 Å². The van der Waals surface area contributed by atoms with Gasteiger partial charge in [-0.3, -0.25) is 9.59 Å². The number of ether oxygens (including phenoxy) is 1. The van der Waals surface area contributed by atoms with Crippen molar-refractivity contribution in [3.05, 3.63) is 30.1 Å². The minimum atomic E-state index is -0.973. The lowest BCUT2D eigenvalue weighted by molar-refractivity contribution is -0.137. The summed E-state index contributed by atoms with van der Waals surface area (Å²) >= 11 is 0. The van der Waals surface area contributed by atoms with Crippen LogP contribution in [0.15, 0.2) is 24.3 Å². The number of aliphatic carboxylic acids is 1. The Morgan fingerprint density at radius 3 is 2.70 bits per heavy atom. The van der Waals surface area contributed by atoms with E-state index in [4.69, 9.17) is 9.84 Å². The fraction of sp³-hybridized carbons (Fsp3) is 0.429. The molecule has 20 heavy (non-hydrogen) atoms. The fourth-order valence-corrected chi connectivity index (χ4v) is 1.76. The molecule has 110 valence electrons. The molecule has 0 bridgehead atoms. The number of para-hydroxylation sites is 1. The van der Waals surface area contributed by atoms with E-state index in [9.17, 15) is 14.0 Å². The number of hydrogen-bond donors (Lipinski definition) is 2. The highest BCUT2D eigenvalue weighted by atomic mass is 19.1. The average molecular weight is 283 g/mol. The van der Waals surface area contributed by atoms with E-state index in [1.807, 2.05) is 6.92 Å². The summed E-state index contributed by atoms with van der Waals surface area (Å²) in [5, 5.41) is 11.3. The first-order valence-electron chi connectivity index (χ1n) is 6.41. The lowest BCUT2D eigenvalue weighted by atomic mass is 10.1. The number of carbonyl (C=O) groups is 2. The highest BCUT2D eigenvalue weighted by Crippen LogP contribution is 2.15. The molecule has 1 atom stereocenters. The largest absolute Gasteiger partial charge is 0.481 e. The Hall–Kier alpha value is -2.11. The zero-order valence-corrected chi connectivity index (χ0v) is 11.3. The molecule has 0 aliphatic heterocycles. The molecule has 0 heterocycles. The third-order valence-electron chi connectivity index (χ3n) is 2.62. The molecular formula is C14H18FNO4. The van der Waals surface area contributed by atoms with Crippen LogP contribution in [0.1, 0.15) is 26.2 Å². The van der Waals surface area contributed by atoms with Crippen molar-refractivity contribution in [2.45, 2.75) is 32.2 Å². The van der Waals surface area contributed by atoms with Crippen molar-refractivity contribution < 1.29 is 23.8 Å². The van der Waals surface area contributed by atoms with Crippen LogP contribution < -0.4 is 10.1 Å². The molecule has 6 heteroatoms. The van der Waals surface area contributed by atoms with E-state index in [-0.39, 0.29) is 18.8 Å². The van der Waals surface area contributed by atoms with Gasteiger partial charge in [-0.05, 0) is 18.6 Å². The molecule has 0 aromatic heterocycles. The van der Waals surface area contributed by atoms with E-state index in [1.165, 1.54) is 18.2 Å². The molecule has 1 rings (SSSR count). The van der Waals surface area contributed by atoms with Crippen LogP contribution in [0.25, 0.3) is 0 Å². The molecule has 1 unspecified atom stereocenters. The van der Waals surface area contributed by atoms with E-state index in [0.29, 0.717) is 6.42 Å². The maximum atomic E-state index is 13.3. The summed E-state index contributed by atoms with van der Waals surface area (Å²) in [4.78, 5) is 22.3. The molecule has 1 aromatic carbocycles. The fourth-order valence-electron chi connectivity index (χ4n) is 1.76. The maximum absolute atomic E-state index is 13.3. The van der Waals surface area contributed by atoms with Gasteiger partial charge in [-0.25, -0.2) is 4.39 Å². The van der Waals surface area contributed by atoms with Gasteiger partial charge < -0.3 is 15.2 Å². The minimum absolute atomic E-state index is 0.00655. The first-order valence-corrected chi connectivity index (χ1v) is 6.41. The lowest BCUT2D eigenvalue weighted by Gasteiger charge is -2.16. The van der Waals surface area contributed by atoms with Crippen molar-refractivity contribution in [2.75, 3.05) is 6.61 Å². The monoisotopic (exact) mass is 283 g/mol. The van der Waals surface area contributed by atoms with Crippen LogP contribution in [0.4, 0.5) is 4.39 Å². The van der Waals surface area contributed by atoms with Gasteiger partial charge in [0.1, 0.15) is 0 Å². The average Bonchev–Trinajstić information content (AvgIpc) is 2.37. The smallest absolute Gasteiger partial charge is 0.305 e. The molecule has 5 nitrogen and oxygen atoms in total. The van der Waals surface area contributed by atoms with Crippen LogP contribution in [-0.4, -0.2) is 29.6 Å². The number of amides is 1. The van der Waals surface area contributed by atoms with Gasteiger partial charge in [-0.1, -0.05) is 25.5 Å². The van der Waals surface area contributed by atoms with Crippen LogP contribution in [-0.2, 0) is 9.59 Å². The zero-order chi connectivity index (χ0) is 15.0. The van der Waals surface area contributed by atoms with E-state index in [2.05, 4.69) is 5.32 Å². The molecule has 1 amide bonds. The summed E-state index contributed by atoms with van der Waals surface area (Å²) in [6, 6.07) is 5.34. The second-order valence-corrected chi connectivity index (χ2v) is 4.37. The summed E-state index contributed by atoms with van der Waals surface area (Å²) in [5.74, 6) is -1.99. The Morgan fingerprint density at radius 2 is 2.10 bits per heavy atom. The summed E-state index contributed by atoms with van der Waals surface area (Å²) in [6.07, 6.45) is 1.18. The maximum Gasteiger partial charge on any atom is 0.305 e. The lowest BCUT2D eigenvalue weighted by Crippen LogP contribution is -2.39. The third-order valence-corrected chi connectivity index (χ3v) is 2.62. The number of carbonyl (C=O) groups excluding carboxylic acids is 1. The van der Waals surface area contributed by atoms with Gasteiger partial charge in [0.2, 0.25) is 0 Å². The third kappa shape index (κ3) is 5.69. The van der Waals surface area contributed by atoms with Gasteiger partial charge in [-0.15, -0.1) is 0 Å². The van der Waals surface area contributed by atoms with Gasteiger partial charge in [0.15, 0.2) is 18.2 Å². The highest BCUT2D eigenvalue weighted by Gasteiger charge is 2.15. The summed E-state index contributed by atoms with van der Waals surface area (Å²) in [5.41, 5.74) is 0. The zero-order valence-electron chi connectivity index (χ0n) is 11.3. The Kier molecular flexibility index (Phi) is 6.49. The number of hydrogen-bond acceptors (Lipinski definition) is 3. The van der Waals surface area contributed by atoms with Crippen molar-refractivity contribution in [1.29, 1.82) is 0 Å².